The average molecular weight is 305 g/mol. The zero-order valence-corrected chi connectivity index (χ0v) is 12.7. The highest BCUT2D eigenvalue weighted by Crippen LogP contribution is 2.28. The Balaban J connectivity index is 1.86. The Labute approximate surface area is 128 Å². The summed E-state index contributed by atoms with van der Waals surface area (Å²) >= 11 is 1.73. The van der Waals surface area contributed by atoms with Crippen molar-refractivity contribution in [3.63, 3.8) is 0 Å². The number of carbonyl (C=O) groups excluding carboxylic acids is 1. The number of hydrogen-bond acceptors (Lipinski definition) is 3. The second-order valence-corrected chi connectivity index (χ2v) is 6.77. The van der Waals surface area contributed by atoms with E-state index in [1.807, 2.05) is 12.1 Å². The zero-order valence-electron chi connectivity index (χ0n) is 11.9. The topological polar surface area (TPSA) is 57.6 Å². The molecule has 1 aromatic carbocycles. The summed E-state index contributed by atoms with van der Waals surface area (Å²) in [4.78, 5) is 25.7. The van der Waals surface area contributed by atoms with Crippen molar-refractivity contribution in [2.24, 2.45) is 0 Å². The molecular weight excluding hydrogens is 286 g/mol. The summed E-state index contributed by atoms with van der Waals surface area (Å²) < 4.78 is 0. The standard InChI is InChI=1S/C16H19NO3S/c18-15(19)9-12-10-21-8-7-17(12)16(20)14-6-2-4-11-3-1-5-13(11)14/h2,4,6,12H,1,3,5,7-10H2,(H,18,19). The summed E-state index contributed by atoms with van der Waals surface area (Å²) in [5.41, 5.74) is 3.24. The minimum atomic E-state index is -0.835. The Kier molecular flexibility index (Phi) is 4.19. The van der Waals surface area contributed by atoms with E-state index >= 15 is 0 Å². The Hall–Kier alpha value is -1.49. The molecule has 21 heavy (non-hydrogen) atoms. The van der Waals surface area contributed by atoms with Crippen molar-refractivity contribution < 1.29 is 14.7 Å². The molecule has 1 atom stereocenters. The van der Waals surface area contributed by atoms with Crippen LogP contribution in [0.1, 0.15) is 34.3 Å². The predicted octanol–water partition coefficient (Wildman–Crippen LogP) is 2.21. The lowest BCUT2D eigenvalue weighted by Gasteiger charge is -2.35. The first kappa shape index (κ1) is 14.4. The molecule has 1 aromatic rings. The molecule has 1 N–H and O–H groups in total. The smallest absolute Gasteiger partial charge is 0.305 e. The van der Waals surface area contributed by atoms with Crippen LogP contribution in [0.25, 0.3) is 0 Å². The van der Waals surface area contributed by atoms with Gasteiger partial charge in [-0.3, -0.25) is 9.59 Å². The van der Waals surface area contributed by atoms with Gasteiger partial charge < -0.3 is 10.0 Å². The molecule has 1 saturated heterocycles. The van der Waals surface area contributed by atoms with Gasteiger partial charge in [-0.1, -0.05) is 12.1 Å². The number of carboxylic acid groups (broad SMARTS) is 1. The Morgan fingerprint density at radius 2 is 2.19 bits per heavy atom. The number of thioether (sulfide) groups is 1. The van der Waals surface area contributed by atoms with E-state index in [1.54, 1.807) is 16.7 Å². The Bertz CT molecular complexity index is 573. The van der Waals surface area contributed by atoms with Gasteiger partial charge in [0.25, 0.3) is 5.91 Å². The van der Waals surface area contributed by atoms with Gasteiger partial charge in [0.15, 0.2) is 0 Å². The third-order valence-corrected chi connectivity index (χ3v) is 5.37. The molecule has 1 amide bonds. The zero-order chi connectivity index (χ0) is 14.8. The quantitative estimate of drug-likeness (QED) is 0.930. The summed E-state index contributed by atoms with van der Waals surface area (Å²) in [5.74, 6) is 0.781. The van der Waals surface area contributed by atoms with E-state index in [-0.39, 0.29) is 18.4 Å². The number of amides is 1. The largest absolute Gasteiger partial charge is 0.481 e. The van der Waals surface area contributed by atoms with Crippen molar-refractivity contribution in [2.45, 2.75) is 31.7 Å². The summed E-state index contributed by atoms with van der Waals surface area (Å²) in [6.45, 7) is 0.644. The molecule has 1 aliphatic heterocycles. The van der Waals surface area contributed by atoms with Crippen LogP contribution in [0.15, 0.2) is 18.2 Å². The lowest BCUT2D eigenvalue weighted by atomic mass is 10.0. The number of benzene rings is 1. The maximum absolute atomic E-state index is 12.9. The van der Waals surface area contributed by atoms with Crippen molar-refractivity contribution >= 4 is 23.6 Å². The normalized spacial score (nSPS) is 21.1. The molecule has 1 fully saturated rings. The number of hydrogen-bond donors (Lipinski definition) is 1. The van der Waals surface area contributed by atoms with Gasteiger partial charge in [-0.25, -0.2) is 0 Å². The summed E-state index contributed by atoms with van der Waals surface area (Å²) in [6, 6.07) is 5.75. The van der Waals surface area contributed by atoms with Crippen molar-refractivity contribution in [3.05, 3.63) is 34.9 Å². The van der Waals surface area contributed by atoms with Gasteiger partial charge in [-0.15, -0.1) is 0 Å². The van der Waals surface area contributed by atoms with E-state index < -0.39 is 5.97 Å². The number of carbonyl (C=O) groups is 2. The average Bonchev–Trinajstić information content (AvgIpc) is 2.95. The first-order valence-electron chi connectivity index (χ1n) is 7.38. The number of carboxylic acids is 1. The van der Waals surface area contributed by atoms with E-state index in [0.717, 1.165) is 30.6 Å². The fraction of sp³-hybridized carbons (Fsp3) is 0.500. The van der Waals surface area contributed by atoms with Gasteiger partial charge in [-0.05, 0) is 36.5 Å². The Morgan fingerprint density at radius 1 is 1.33 bits per heavy atom. The number of rotatable bonds is 3. The maximum Gasteiger partial charge on any atom is 0.305 e. The van der Waals surface area contributed by atoms with E-state index in [4.69, 9.17) is 5.11 Å². The highest BCUT2D eigenvalue weighted by molar-refractivity contribution is 7.99. The van der Waals surface area contributed by atoms with Crippen molar-refractivity contribution in [1.29, 1.82) is 0 Å². The highest BCUT2D eigenvalue weighted by atomic mass is 32.2. The van der Waals surface area contributed by atoms with Crippen molar-refractivity contribution in [2.75, 3.05) is 18.1 Å². The minimum Gasteiger partial charge on any atom is -0.481 e. The molecule has 112 valence electrons. The van der Waals surface area contributed by atoms with Gasteiger partial charge in [0.2, 0.25) is 0 Å². The molecule has 0 radical (unpaired) electrons. The lowest BCUT2D eigenvalue weighted by molar-refractivity contribution is -0.138. The van der Waals surface area contributed by atoms with Crippen LogP contribution < -0.4 is 0 Å². The number of aryl methyl sites for hydroxylation is 1. The summed E-state index contributed by atoms with van der Waals surface area (Å²) in [5, 5.41) is 9.04. The molecule has 4 nitrogen and oxygen atoms in total. The van der Waals surface area contributed by atoms with Crippen LogP contribution in [0.5, 0.6) is 0 Å². The van der Waals surface area contributed by atoms with Gasteiger partial charge >= 0.3 is 5.97 Å². The van der Waals surface area contributed by atoms with Crippen LogP contribution in [0, 0.1) is 0 Å². The molecular formula is C16H19NO3S. The van der Waals surface area contributed by atoms with Crippen LogP contribution >= 0.6 is 11.8 Å². The monoisotopic (exact) mass is 305 g/mol. The second kappa shape index (κ2) is 6.10. The Morgan fingerprint density at radius 3 is 3.00 bits per heavy atom. The fourth-order valence-electron chi connectivity index (χ4n) is 3.27. The van der Waals surface area contributed by atoms with E-state index in [1.165, 1.54) is 11.1 Å². The van der Waals surface area contributed by atoms with Crippen LogP contribution in [-0.2, 0) is 17.6 Å². The minimum absolute atomic E-state index is 0.0142. The molecule has 0 spiro atoms. The van der Waals surface area contributed by atoms with Gasteiger partial charge in [0, 0.05) is 23.6 Å². The number of aliphatic carboxylic acids is 1. The van der Waals surface area contributed by atoms with Crippen LogP contribution in [-0.4, -0.2) is 46.0 Å². The molecule has 3 rings (SSSR count). The third kappa shape index (κ3) is 2.93. The first-order valence-corrected chi connectivity index (χ1v) is 8.53. The molecule has 2 aliphatic rings. The third-order valence-electron chi connectivity index (χ3n) is 4.27. The molecule has 1 heterocycles. The van der Waals surface area contributed by atoms with E-state index in [2.05, 4.69) is 6.07 Å². The highest BCUT2D eigenvalue weighted by Gasteiger charge is 2.31. The molecule has 1 unspecified atom stereocenters. The van der Waals surface area contributed by atoms with Crippen molar-refractivity contribution in [1.82, 2.24) is 4.90 Å². The van der Waals surface area contributed by atoms with E-state index in [9.17, 15) is 9.59 Å². The fourth-order valence-corrected chi connectivity index (χ4v) is 4.33. The molecule has 1 aliphatic carbocycles. The van der Waals surface area contributed by atoms with Crippen LogP contribution in [0.3, 0.4) is 0 Å². The molecule has 5 heteroatoms. The van der Waals surface area contributed by atoms with Crippen LogP contribution in [0.2, 0.25) is 0 Å². The lowest BCUT2D eigenvalue weighted by Crippen LogP contribution is -2.47. The van der Waals surface area contributed by atoms with Gasteiger partial charge in [-0.2, -0.15) is 11.8 Å². The first-order chi connectivity index (χ1) is 10.2. The molecule has 0 saturated carbocycles. The summed E-state index contributed by atoms with van der Waals surface area (Å²) in [7, 11) is 0. The second-order valence-electron chi connectivity index (χ2n) is 5.62. The summed E-state index contributed by atoms with van der Waals surface area (Å²) in [6.07, 6.45) is 3.15. The van der Waals surface area contributed by atoms with Crippen molar-refractivity contribution in [3.8, 4) is 0 Å². The predicted molar refractivity (Wildman–Crippen MR) is 82.9 cm³/mol. The maximum atomic E-state index is 12.9. The van der Waals surface area contributed by atoms with Gasteiger partial charge in [0.05, 0.1) is 12.5 Å². The van der Waals surface area contributed by atoms with Gasteiger partial charge in [0.1, 0.15) is 0 Å². The van der Waals surface area contributed by atoms with Crippen LogP contribution in [0.4, 0.5) is 0 Å². The molecule has 0 bridgehead atoms. The molecule has 0 aromatic heterocycles. The van der Waals surface area contributed by atoms with E-state index in [0.29, 0.717) is 12.3 Å². The SMILES string of the molecule is O=C(O)CC1CSCCN1C(=O)c1cccc2c1CCC2. The number of fused-ring (bicyclic) bond motifs is 1. The number of nitrogens with zero attached hydrogens (tertiary/aromatic N) is 1.